The second-order valence-corrected chi connectivity index (χ2v) is 4.96. The molecule has 0 bridgehead atoms. The Morgan fingerprint density at radius 3 is 2.94 bits per heavy atom. The van der Waals surface area contributed by atoms with Gasteiger partial charge in [-0.05, 0) is 52.4 Å². The van der Waals surface area contributed by atoms with E-state index in [1.807, 2.05) is 12.4 Å². The van der Waals surface area contributed by atoms with Crippen LogP contribution in [0, 0.1) is 0 Å². The van der Waals surface area contributed by atoms with Crippen LogP contribution in [0.15, 0.2) is 12.4 Å². The Hall–Kier alpha value is -0.870. The summed E-state index contributed by atoms with van der Waals surface area (Å²) in [5.74, 6) is 0. The highest BCUT2D eigenvalue weighted by Gasteiger charge is 2.09. The minimum atomic E-state index is 0.398. The summed E-state index contributed by atoms with van der Waals surface area (Å²) in [5.41, 5.74) is 1.24. The van der Waals surface area contributed by atoms with Crippen LogP contribution in [0.25, 0.3) is 0 Å². The molecule has 1 aliphatic heterocycles. The van der Waals surface area contributed by atoms with Gasteiger partial charge in [-0.25, -0.2) is 0 Å². The Morgan fingerprint density at radius 1 is 1.41 bits per heavy atom. The van der Waals surface area contributed by atoms with Crippen LogP contribution in [0.4, 0.5) is 0 Å². The Kier molecular flexibility index (Phi) is 5.01. The molecule has 1 unspecified atom stereocenters. The smallest absolute Gasteiger partial charge is 0.0534 e. The quantitative estimate of drug-likeness (QED) is 0.742. The van der Waals surface area contributed by atoms with Crippen molar-refractivity contribution >= 4 is 0 Å². The SMILES string of the molecule is CC(NCCCN1CCCCC1)c1cn[nH]c1. The Balaban J connectivity index is 1.56. The van der Waals surface area contributed by atoms with E-state index < -0.39 is 0 Å². The summed E-state index contributed by atoms with van der Waals surface area (Å²) in [4.78, 5) is 2.59. The number of aromatic amines is 1. The molecule has 2 N–H and O–H groups in total. The zero-order chi connectivity index (χ0) is 11.9. The van der Waals surface area contributed by atoms with Crippen LogP contribution in [-0.2, 0) is 0 Å². The molecule has 1 fully saturated rings. The van der Waals surface area contributed by atoms with Crippen molar-refractivity contribution < 1.29 is 0 Å². The molecule has 4 nitrogen and oxygen atoms in total. The number of nitrogens with one attached hydrogen (secondary N) is 2. The minimum Gasteiger partial charge on any atom is -0.310 e. The molecule has 1 aromatic rings. The number of aromatic nitrogens is 2. The summed E-state index contributed by atoms with van der Waals surface area (Å²) in [6.07, 6.45) is 9.29. The summed E-state index contributed by atoms with van der Waals surface area (Å²) in [5, 5.41) is 10.4. The fourth-order valence-electron chi connectivity index (χ4n) is 2.42. The van der Waals surface area contributed by atoms with Gasteiger partial charge in [0.05, 0.1) is 6.20 Å². The first-order chi connectivity index (χ1) is 8.36. The van der Waals surface area contributed by atoms with E-state index in [-0.39, 0.29) is 0 Å². The van der Waals surface area contributed by atoms with Gasteiger partial charge in [-0.3, -0.25) is 5.10 Å². The topological polar surface area (TPSA) is 44.0 Å². The number of hydrogen-bond acceptors (Lipinski definition) is 3. The van der Waals surface area contributed by atoms with E-state index >= 15 is 0 Å². The first-order valence-electron chi connectivity index (χ1n) is 6.80. The molecule has 17 heavy (non-hydrogen) atoms. The highest BCUT2D eigenvalue weighted by molar-refractivity contribution is 5.07. The van der Waals surface area contributed by atoms with Gasteiger partial charge < -0.3 is 10.2 Å². The third-order valence-corrected chi connectivity index (χ3v) is 3.57. The van der Waals surface area contributed by atoms with Crippen molar-refractivity contribution in [1.82, 2.24) is 20.4 Å². The summed E-state index contributed by atoms with van der Waals surface area (Å²) in [6.45, 7) is 7.12. The third-order valence-electron chi connectivity index (χ3n) is 3.57. The number of likely N-dealkylation sites (tertiary alicyclic amines) is 1. The van der Waals surface area contributed by atoms with Gasteiger partial charge in [0.1, 0.15) is 0 Å². The molecule has 1 aliphatic rings. The number of hydrogen-bond donors (Lipinski definition) is 2. The molecular weight excluding hydrogens is 212 g/mol. The standard InChI is InChI=1S/C13H24N4/c1-12(13-10-15-16-11-13)14-6-5-9-17-7-3-2-4-8-17/h10-12,14H,2-9H2,1H3,(H,15,16). The number of rotatable bonds is 6. The summed E-state index contributed by atoms with van der Waals surface area (Å²) < 4.78 is 0. The fourth-order valence-corrected chi connectivity index (χ4v) is 2.42. The zero-order valence-electron chi connectivity index (χ0n) is 10.8. The molecule has 0 aromatic carbocycles. The second kappa shape index (κ2) is 6.77. The van der Waals surface area contributed by atoms with E-state index in [4.69, 9.17) is 0 Å². The molecule has 0 saturated carbocycles. The molecule has 4 heteroatoms. The van der Waals surface area contributed by atoms with Gasteiger partial charge in [0.25, 0.3) is 0 Å². The van der Waals surface area contributed by atoms with Crippen molar-refractivity contribution in [2.24, 2.45) is 0 Å². The van der Waals surface area contributed by atoms with Gasteiger partial charge in [0.15, 0.2) is 0 Å². The average Bonchev–Trinajstić information content (AvgIpc) is 2.89. The first kappa shape index (κ1) is 12.6. The van der Waals surface area contributed by atoms with Gasteiger partial charge in [-0.1, -0.05) is 6.42 Å². The third kappa shape index (κ3) is 4.13. The summed E-state index contributed by atoms with van der Waals surface area (Å²) in [6, 6.07) is 0.398. The van der Waals surface area contributed by atoms with Gasteiger partial charge in [0.2, 0.25) is 0 Å². The number of nitrogens with zero attached hydrogens (tertiary/aromatic N) is 2. The van der Waals surface area contributed by atoms with Crippen LogP contribution in [-0.4, -0.2) is 41.3 Å². The summed E-state index contributed by atoms with van der Waals surface area (Å²) in [7, 11) is 0. The fraction of sp³-hybridized carbons (Fsp3) is 0.769. The van der Waals surface area contributed by atoms with Crippen molar-refractivity contribution in [2.75, 3.05) is 26.2 Å². The number of piperidine rings is 1. The lowest BCUT2D eigenvalue weighted by atomic mass is 10.1. The Labute approximate surface area is 104 Å². The first-order valence-corrected chi connectivity index (χ1v) is 6.80. The highest BCUT2D eigenvalue weighted by atomic mass is 15.1. The minimum absolute atomic E-state index is 0.398. The monoisotopic (exact) mass is 236 g/mol. The molecule has 2 heterocycles. The molecule has 2 rings (SSSR count). The van der Waals surface area contributed by atoms with E-state index in [0.29, 0.717) is 6.04 Å². The van der Waals surface area contributed by atoms with Crippen LogP contribution in [0.3, 0.4) is 0 Å². The van der Waals surface area contributed by atoms with Gasteiger partial charge >= 0.3 is 0 Å². The van der Waals surface area contributed by atoms with Gasteiger partial charge in [0, 0.05) is 17.8 Å². The largest absolute Gasteiger partial charge is 0.310 e. The number of H-pyrrole nitrogens is 1. The Bertz CT molecular complexity index is 290. The maximum atomic E-state index is 3.97. The lowest BCUT2D eigenvalue weighted by Crippen LogP contribution is -2.32. The van der Waals surface area contributed by atoms with Gasteiger partial charge in [-0.15, -0.1) is 0 Å². The van der Waals surface area contributed by atoms with Crippen molar-refractivity contribution in [3.63, 3.8) is 0 Å². The maximum absolute atomic E-state index is 3.97. The van der Waals surface area contributed by atoms with E-state index in [0.717, 1.165) is 6.54 Å². The van der Waals surface area contributed by atoms with E-state index in [9.17, 15) is 0 Å². The molecule has 0 radical (unpaired) electrons. The molecule has 0 spiro atoms. The zero-order valence-corrected chi connectivity index (χ0v) is 10.8. The average molecular weight is 236 g/mol. The van der Waals surface area contributed by atoms with Crippen molar-refractivity contribution in [1.29, 1.82) is 0 Å². The maximum Gasteiger partial charge on any atom is 0.0534 e. The highest BCUT2D eigenvalue weighted by Crippen LogP contribution is 2.10. The lowest BCUT2D eigenvalue weighted by molar-refractivity contribution is 0.225. The van der Waals surface area contributed by atoms with Crippen LogP contribution in [0.1, 0.15) is 44.2 Å². The van der Waals surface area contributed by atoms with Crippen LogP contribution >= 0.6 is 0 Å². The molecule has 0 amide bonds. The van der Waals surface area contributed by atoms with Gasteiger partial charge in [-0.2, -0.15) is 5.10 Å². The summed E-state index contributed by atoms with van der Waals surface area (Å²) >= 11 is 0. The molecule has 1 aromatic heterocycles. The van der Waals surface area contributed by atoms with E-state index in [2.05, 4.69) is 27.3 Å². The second-order valence-electron chi connectivity index (χ2n) is 4.96. The molecule has 1 saturated heterocycles. The van der Waals surface area contributed by atoms with Crippen molar-refractivity contribution in [3.8, 4) is 0 Å². The Morgan fingerprint density at radius 2 is 2.24 bits per heavy atom. The van der Waals surface area contributed by atoms with E-state index in [1.165, 1.54) is 50.9 Å². The predicted molar refractivity (Wildman–Crippen MR) is 69.9 cm³/mol. The lowest BCUT2D eigenvalue weighted by Gasteiger charge is -2.26. The van der Waals surface area contributed by atoms with Crippen molar-refractivity contribution in [2.45, 2.75) is 38.6 Å². The molecular formula is C13H24N4. The predicted octanol–water partition coefficient (Wildman–Crippen LogP) is 1.94. The normalized spacial score (nSPS) is 19.4. The van der Waals surface area contributed by atoms with Crippen LogP contribution < -0.4 is 5.32 Å². The van der Waals surface area contributed by atoms with E-state index in [1.54, 1.807) is 0 Å². The molecule has 0 aliphatic carbocycles. The van der Waals surface area contributed by atoms with Crippen LogP contribution in [0.5, 0.6) is 0 Å². The van der Waals surface area contributed by atoms with Crippen molar-refractivity contribution in [3.05, 3.63) is 18.0 Å². The van der Waals surface area contributed by atoms with Crippen LogP contribution in [0.2, 0.25) is 0 Å². The molecule has 1 atom stereocenters. The molecule has 96 valence electrons.